The molecule has 0 saturated heterocycles. The van der Waals surface area contributed by atoms with E-state index in [1.807, 2.05) is 0 Å². The van der Waals surface area contributed by atoms with E-state index in [9.17, 15) is 22.1 Å². The SMILES string of the molecule is CC(O)CNc1nc(NCC(C)O)nc(Nc2ccc([As](=O)(O)O)cc2)n1. The summed E-state index contributed by atoms with van der Waals surface area (Å²) in [4.78, 5) is 12.5. The molecule has 0 aliphatic heterocycles. The van der Waals surface area contributed by atoms with E-state index in [1.54, 1.807) is 13.8 Å². The third kappa shape index (κ3) is 7.16. The molecule has 0 bridgehead atoms. The maximum absolute atomic E-state index is 11.3. The molecule has 0 amide bonds. The fraction of sp³-hybridized carbons (Fsp3) is 0.400. The number of aliphatic hydroxyl groups excluding tert-OH is 2. The molecule has 2 aromatic rings. The van der Waals surface area contributed by atoms with Gasteiger partial charge in [-0.2, -0.15) is 0 Å². The fourth-order valence-electron chi connectivity index (χ4n) is 1.94. The first kappa shape index (κ1) is 21.1. The molecule has 148 valence electrons. The van der Waals surface area contributed by atoms with Gasteiger partial charge in [-0.05, 0) is 0 Å². The van der Waals surface area contributed by atoms with Crippen molar-refractivity contribution in [1.82, 2.24) is 15.0 Å². The van der Waals surface area contributed by atoms with E-state index in [1.165, 1.54) is 24.3 Å². The zero-order valence-corrected chi connectivity index (χ0v) is 16.7. The summed E-state index contributed by atoms with van der Waals surface area (Å²) in [7, 11) is 0. The second-order valence-corrected chi connectivity index (χ2v) is 9.35. The number of benzene rings is 1. The molecule has 0 spiro atoms. The Kier molecular flexibility index (Phi) is 7.17. The Hall–Kier alpha value is -2.17. The van der Waals surface area contributed by atoms with Crippen LogP contribution in [0.5, 0.6) is 0 Å². The number of rotatable bonds is 9. The monoisotopic (exact) mass is 442 g/mol. The van der Waals surface area contributed by atoms with Crippen molar-refractivity contribution >= 4 is 42.1 Å². The number of hydrogen-bond acceptors (Lipinski definition) is 9. The van der Waals surface area contributed by atoms with E-state index in [-0.39, 0.29) is 35.3 Å². The van der Waals surface area contributed by atoms with Crippen molar-refractivity contribution in [2.45, 2.75) is 26.1 Å². The standard InChI is InChI=1S/C15H23AsN6O5/c1-9(23)7-17-13-20-14(18-8-10(2)24)22-15(21-13)19-12-5-3-11(4-6-12)16(25,26)27/h3-6,9-10,23-24H,7-8H2,1-2H3,(H2,25,26,27)(H3,17,18,19,20,21,22). The molecule has 2 atom stereocenters. The van der Waals surface area contributed by atoms with Crippen LogP contribution in [-0.2, 0) is 3.74 Å². The van der Waals surface area contributed by atoms with Crippen LogP contribution in [0, 0.1) is 0 Å². The quantitative estimate of drug-likeness (QED) is 0.232. The van der Waals surface area contributed by atoms with Crippen LogP contribution in [0.4, 0.5) is 23.5 Å². The summed E-state index contributed by atoms with van der Waals surface area (Å²) in [6.45, 7) is 3.70. The van der Waals surface area contributed by atoms with Gasteiger partial charge in [0.25, 0.3) is 0 Å². The molecule has 0 aliphatic rings. The average molecular weight is 442 g/mol. The Labute approximate surface area is 158 Å². The molecule has 11 nitrogen and oxygen atoms in total. The van der Waals surface area contributed by atoms with E-state index in [4.69, 9.17) is 0 Å². The maximum atomic E-state index is 11.3. The number of aromatic nitrogens is 3. The van der Waals surface area contributed by atoms with Crippen molar-refractivity contribution < 1.29 is 22.1 Å². The van der Waals surface area contributed by atoms with Gasteiger partial charge in [-0.1, -0.05) is 0 Å². The summed E-state index contributed by atoms with van der Waals surface area (Å²) >= 11 is -4.94. The summed E-state index contributed by atoms with van der Waals surface area (Å²) in [5, 5.41) is 27.5. The number of nitrogens with zero attached hydrogens (tertiary/aromatic N) is 3. The molecule has 27 heavy (non-hydrogen) atoms. The third-order valence-electron chi connectivity index (χ3n) is 3.21. The van der Waals surface area contributed by atoms with Crippen LogP contribution in [0.1, 0.15) is 13.8 Å². The van der Waals surface area contributed by atoms with Gasteiger partial charge in [0.1, 0.15) is 0 Å². The normalized spacial score (nSPS) is 13.7. The van der Waals surface area contributed by atoms with E-state index in [0.717, 1.165) is 0 Å². The molecule has 0 fully saturated rings. The van der Waals surface area contributed by atoms with Crippen LogP contribution in [0.15, 0.2) is 24.3 Å². The summed E-state index contributed by atoms with van der Waals surface area (Å²) in [6, 6.07) is 5.68. The van der Waals surface area contributed by atoms with Gasteiger partial charge in [0.2, 0.25) is 0 Å². The minimum atomic E-state index is -4.94. The Balaban J connectivity index is 2.21. The van der Waals surface area contributed by atoms with Crippen molar-refractivity contribution in [3.8, 4) is 0 Å². The van der Waals surface area contributed by atoms with Gasteiger partial charge in [0.15, 0.2) is 0 Å². The van der Waals surface area contributed by atoms with Crippen molar-refractivity contribution in [3.05, 3.63) is 24.3 Å². The molecular formula is C15H23AsN6O5. The second kappa shape index (κ2) is 9.16. The second-order valence-electron chi connectivity index (χ2n) is 5.98. The first-order valence-corrected chi connectivity index (χ1v) is 11.5. The van der Waals surface area contributed by atoms with Gasteiger partial charge >= 0.3 is 159 Å². The summed E-state index contributed by atoms with van der Waals surface area (Å²) in [5.74, 6) is 0.619. The summed E-state index contributed by atoms with van der Waals surface area (Å²) < 4.78 is 29.7. The minimum absolute atomic E-state index is 0.0344. The number of hydrogen-bond donors (Lipinski definition) is 7. The predicted octanol–water partition coefficient (Wildman–Crippen LogP) is -1.24. The molecule has 2 rings (SSSR count). The summed E-state index contributed by atoms with van der Waals surface area (Å²) in [5.41, 5.74) is 0.525. The van der Waals surface area contributed by atoms with Gasteiger partial charge < -0.3 is 0 Å². The predicted molar refractivity (Wildman–Crippen MR) is 100 cm³/mol. The zero-order valence-electron chi connectivity index (χ0n) is 14.9. The average Bonchev–Trinajstić information content (AvgIpc) is 2.58. The van der Waals surface area contributed by atoms with Crippen LogP contribution in [0.25, 0.3) is 0 Å². The Morgan fingerprint density at radius 2 is 1.33 bits per heavy atom. The molecule has 0 saturated carbocycles. The molecule has 0 radical (unpaired) electrons. The fourth-order valence-corrected chi connectivity index (χ4v) is 3.06. The van der Waals surface area contributed by atoms with Crippen LogP contribution >= 0.6 is 0 Å². The molecule has 12 heteroatoms. The Morgan fingerprint density at radius 3 is 1.74 bits per heavy atom. The molecule has 0 aliphatic carbocycles. The molecule has 1 heterocycles. The van der Waals surface area contributed by atoms with Crippen LogP contribution in [-0.4, -0.2) is 72.8 Å². The van der Waals surface area contributed by atoms with Crippen molar-refractivity contribution in [2.24, 2.45) is 0 Å². The van der Waals surface area contributed by atoms with Gasteiger partial charge in [-0.3, -0.25) is 0 Å². The first-order valence-electron chi connectivity index (χ1n) is 8.16. The molecule has 2 unspecified atom stereocenters. The van der Waals surface area contributed by atoms with E-state index >= 15 is 0 Å². The third-order valence-corrected chi connectivity index (χ3v) is 5.24. The number of aliphatic hydroxyl groups is 2. The van der Waals surface area contributed by atoms with E-state index < -0.39 is 26.4 Å². The topological polar surface area (TPSA) is 173 Å². The van der Waals surface area contributed by atoms with Gasteiger partial charge in [0.05, 0.1) is 0 Å². The van der Waals surface area contributed by atoms with Crippen molar-refractivity contribution in [1.29, 1.82) is 0 Å². The molecule has 7 N–H and O–H groups in total. The van der Waals surface area contributed by atoms with Crippen LogP contribution in [0.3, 0.4) is 0 Å². The van der Waals surface area contributed by atoms with E-state index in [2.05, 4.69) is 30.9 Å². The number of nitrogens with one attached hydrogen (secondary N) is 3. The zero-order chi connectivity index (χ0) is 20.0. The van der Waals surface area contributed by atoms with Gasteiger partial charge in [0, 0.05) is 0 Å². The van der Waals surface area contributed by atoms with Gasteiger partial charge in [-0.25, -0.2) is 0 Å². The molecule has 1 aromatic heterocycles. The van der Waals surface area contributed by atoms with E-state index in [0.29, 0.717) is 5.69 Å². The van der Waals surface area contributed by atoms with Crippen molar-refractivity contribution in [2.75, 3.05) is 29.0 Å². The summed E-state index contributed by atoms with van der Waals surface area (Å²) in [6.07, 6.45) is -1.21. The Morgan fingerprint density at radius 1 is 0.889 bits per heavy atom. The van der Waals surface area contributed by atoms with Gasteiger partial charge in [-0.15, -0.1) is 0 Å². The van der Waals surface area contributed by atoms with Crippen molar-refractivity contribution in [3.63, 3.8) is 0 Å². The van der Waals surface area contributed by atoms with Crippen LogP contribution < -0.4 is 20.3 Å². The number of anilines is 4. The Bertz CT molecular complexity index is 766. The van der Waals surface area contributed by atoms with Crippen LogP contribution in [0.2, 0.25) is 0 Å². The molecule has 1 aromatic carbocycles. The molecular weight excluding hydrogens is 419 g/mol. The first-order chi connectivity index (χ1) is 12.6.